The molecular formula is C13H22N4O3S. The Labute approximate surface area is 124 Å². The van der Waals surface area contributed by atoms with Crippen molar-refractivity contribution in [2.75, 3.05) is 30.0 Å². The van der Waals surface area contributed by atoms with E-state index in [0.29, 0.717) is 12.2 Å². The molecule has 1 saturated carbocycles. The Morgan fingerprint density at radius 2 is 1.90 bits per heavy atom. The van der Waals surface area contributed by atoms with E-state index in [2.05, 4.69) is 5.10 Å². The van der Waals surface area contributed by atoms with Gasteiger partial charge in [0.15, 0.2) is 20.6 Å². The van der Waals surface area contributed by atoms with Crippen LogP contribution in [0.2, 0.25) is 0 Å². The third kappa shape index (κ3) is 2.50. The van der Waals surface area contributed by atoms with Crippen LogP contribution < -0.4 is 10.6 Å². The number of aromatic nitrogens is 2. The molecule has 2 heterocycles. The summed E-state index contributed by atoms with van der Waals surface area (Å²) in [6.07, 6.45) is 5.09. The molecule has 3 N–H and O–H groups in total. The average molecular weight is 314 g/mol. The van der Waals surface area contributed by atoms with E-state index in [1.807, 2.05) is 4.90 Å². The minimum Gasteiger partial charge on any atom is -0.391 e. The molecule has 0 spiro atoms. The van der Waals surface area contributed by atoms with Gasteiger partial charge < -0.3 is 15.7 Å². The summed E-state index contributed by atoms with van der Waals surface area (Å²) in [6, 6.07) is -0.221. The van der Waals surface area contributed by atoms with Crippen LogP contribution >= 0.6 is 0 Å². The van der Waals surface area contributed by atoms with Crippen LogP contribution in [0.15, 0.2) is 4.90 Å². The highest BCUT2D eigenvalue weighted by Gasteiger charge is 2.35. The van der Waals surface area contributed by atoms with Gasteiger partial charge in [-0.2, -0.15) is 5.10 Å². The van der Waals surface area contributed by atoms with E-state index in [4.69, 9.17) is 5.73 Å². The van der Waals surface area contributed by atoms with E-state index in [1.54, 1.807) is 0 Å². The van der Waals surface area contributed by atoms with E-state index >= 15 is 0 Å². The minimum absolute atomic E-state index is 0.114. The molecule has 1 saturated heterocycles. The lowest BCUT2D eigenvalue weighted by Crippen LogP contribution is -2.22. The number of sulfone groups is 1. The molecule has 0 bridgehead atoms. The zero-order valence-electron chi connectivity index (χ0n) is 12.2. The number of hydrogen-bond acceptors (Lipinski definition) is 6. The summed E-state index contributed by atoms with van der Waals surface area (Å²) in [5, 5.41) is 14.5. The molecule has 0 radical (unpaired) electrons. The summed E-state index contributed by atoms with van der Waals surface area (Å²) >= 11 is 0. The van der Waals surface area contributed by atoms with Gasteiger partial charge >= 0.3 is 0 Å². The van der Waals surface area contributed by atoms with Crippen LogP contribution in [-0.2, 0) is 9.84 Å². The fourth-order valence-corrected chi connectivity index (χ4v) is 4.35. The van der Waals surface area contributed by atoms with Crippen molar-refractivity contribution in [3.05, 3.63) is 0 Å². The van der Waals surface area contributed by atoms with Crippen LogP contribution in [0.25, 0.3) is 0 Å². The molecule has 21 heavy (non-hydrogen) atoms. The molecule has 2 fully saturated rings. The predicted octanol–water partition coefficient (Wildman–Crippen LogP) is 0.555. The topological polar surface area (TPSA) is 101 Å². The smallest absolute Gasteiger partial charge is 0.182 e. The number of hydrogen-bond donors (Lipinski definition) is 2. The molecule has 2 unspecified atom stereocenters. The molecule has 3 rings (SSSR count). The van der Waals surface area contributed by atoms with E-state index in [9.17, 15) is 13.5 Å². The van der Waals surface area contributed by atoms with Gasteiger partial charge in [-0.3, -0.25) is 0 Å². The summed E-state index contributed by atoms with van der Waals surface area (Å²) in [5.74, 6) is 0.608. The average Bonchev–Trinajstić information content (AvgIpc) is 3.07. The molecule has 118 valence electrons. The van der Waals surface area contributed by atoms with E-state index in [-0.39, 0.29) is 16.8 Å². The summed E-state index contributed by atoms with van der Waals surface area (Å²) < 4.78 is 25.8. The second kappa shape index (κ2) is 5.17. The molecule has 1 aromatic heterocycles. The Morgan fingerprint density at radius 1 is 1.24 bits per heavy atom. The van der Waals surface area contributed by atoms with Crippen molar-refractivity contribution in [3.8, 4) is 0 Å². The Morgan fingerprint density at radius 3 is 2.43 bits per heavy atom. The van der Waals surface area contributed by atoms with E-state index < -0.39 is 15.9 Å². The monoisotopic (exact) mass is 314 g/mol. The number of nitrogen functional groups attached to an aromatic ring is 1. The number of rotatable bonds is 3. The van der Waals surface area contributed by atoms with Gasteiger partial charge in [-0.15, -0.1) is 0 Å². The van der Waals surface area contributed by atoms with Crippen molar-refractivity contribution in [1.82, 2.24) is 9.78 Å². The second-order valence-corrected chi connectivity index (χ2v) is 7.97. The second-order valence-electron chi connectivity index (χ2n) is 6.01. The highest BCUT2D eigenvalue weighted by molar-refractivity contribution is 7.91. The molecule has 1 aliphatic heterocycles. The molecule has 1 aliphatic carbocycles. The third-order valence-corrected chi connectivity index (χ3v) is 5.55. The highest BCUT2D eigenvalue weighted by Crippen LogP contribution is 2.38. The van der Waals surface area contributed by atoms with Crippen LogP contribution in [0.1, 0.15) is 38.1 Å². The molecule has 2 aliphatic rings. The van der Waals surface area contributed by atoms with Gasteiger partial charge in [0, 0.05) is 19.3 Å². The maximum Gasteiger partial charge on any atom is 0.182 e. The summed E-state index contributed by atoms with van der Waals surface area (Å²) in [4.78, 5) is 2.09. The summed E-state index contributed by atoms with van der Waals surface area (Å²) in [5.41, 5.74) is 6.08. The van der Waals surface area contributed by atoms with Gasteiger partial charge in [0.25, 0.3) is 0 Å². The van der Waals surface area contributed by atoms with Crippen LogP contribution in [0.5, 0.6) is 0 Å². The van der Waals surface area contributed by atoms with Crippen LogP contribution in [0, 0.1) is 0 Å². The largest absolute Gasteiger partial charge is 0.391 e. The molecule has 2 atom stereocenters. The Hall–Kier alpha value is -1.28. The predicted molar refractivity (Wildman–Crippen MR) is 80.1 cm³/mol. The van der Waals surface area contributed by atoms with E-state index in [1.165, 1.54) is 4.68 Å². The lowest BCUT2D eigenvalue weighted by Gasteiger charge is -2.17. The molecule has 8 heteroatoms. The Bertz CT molecular complexity index is 634. The zero-order valence-corrected chi connectivity index (χ0v) is 13.0. The van der Waals surface area contributed by atoms with Gasteiger partial charge in [-0.05, 0) is 32.1 Å². The van der Waals surface area contributed by atoms with Crippen molar-refractivity contribution in [2.24, 2.45) is 0 Å². The fraction of sp³-hybridized carbons (Fsp3) is 0.769. The van der Waals surface area contributed by atoms with E-state index in [0.717, 1.165) is 45.0 Å². The van der Waals surface area contributed by atoms with Gasteiger partial charge in [0.1, 0.15) is 5.82 Å². The fourth-order valence-electron chi connectivity index (χ4n) is 3.37. The zero-order chi connectivity index (χ0) is 15.2. The molecule has 0 amide bonds. The van der Waals surface area contributed by atoms with Crippen molar-refractivity contribution in [1.29, 1.82) is 0 Å². The number of aliphatic hydroxyl groups excluding tert-OH is 1. The van der Waals surface area contributed by atoms with Gasteiger partial charge in [0.05, 0.1) is 12.1 Å². The number of nitrogens with zero attached hydrogens (tertiary/aromatic N) is 3. The van der Waals surface area contributed by atoms with Crippen molar-refractivity contribution >= 4 is 21.5 Å². The van der Waals surface area contributed by atoms with Gasteiger partial charge in [-0.1, -0.05) is 0 Å². The first-order valence-corrected chi connectivity index (χ1v) is 9.30. The highest BCUT2D eigenvalue weighted by atomic mass is 32.2. The minimum atomic E-state index is -3.46. The van der Waals surface area contributed by atoms with Gasteiger partial charge in [-0.25, -0.2) is 13.1 Å². The van der Waals surface area contributed by atoms with Crippen LogP contribution in [0.3, 0.4) is 0 Å². The standard InChI is InChI=1S/C13H22N4O3S/c1-21(19,20)11-12(14)17(9-5-4-6-10(9)18)15-13(11)16-7-2-3-8-16/h9-10,18H,2-8,14H2,1H3. The van der Waals surface area contributed by atoms with Crippen molar-refractivity contribution in [3.63, 3.8) is 0 Å². The SMILES string of the molecule is CS(=O)(=O)c1c(N2CCCC2)nn(C2CCCC2O)c1N. The lowest BCUT2D eigenvalue weighted by atomic mass is 10.2. The van der Waals surface area contributed by atoms with Crippen molar-refractivity contribution < 1.29 is 13.5 Å². The molecular weight excluding hydrogens is 292 g/mol. The first-order chi connectivity index (χ1) is 9.89. The van der Waals surface area contributed by atoms with Crippen LogP contribution in [-0.4, -0.2) is 48.8 Å². The Balaban J connectivity index is 2.10. The third-order valence-electron chi connectivity index (χ3n) is 4.42. The first kappa shape index (κ1) is 14.6. The first-order valence-electron chi connectivity index (χ1n) is 7.40. The number of nitrogens with two attached hydrogens (primary N) is 1. The van der Waals surface area contributed by atoms with Crippen LogP contribution in [0.4, 0.5) is 11.6 Å². The maximum atomic E-state index is 12.1. The van der Waals surface area contributed by atoms with Gasteiger partial charge in [0.2, 0.25) is 0 Å². The summed E-state index contributed by atoms with van der Waals surface area (Å²) in [6.45, 7) is 1.60. The number of anilines is 2. The summed E-state index contributed by atoms with van der Waals surface area (Å²) in [7, 11) is -3.46. The van der Waals surface area contributed by atoms with Crippen molar-refractivity contribution in [2.45, 2.75) is 49.1 Å². The molecule has 1 aromatic rings. The quantitative estimate of drug-likeness (QED) is 0.845. The molecule has 7 nitrogen and oxygen atoms in total. The normalized spacial score (nSPS) is 26.7. The maximum absolute atomic E-state index is 12.1. The lowest BCUT2D eigenvalue weighted by molar-refractivity contribution is 0.131. The molecule has 0 aromatic carbocycles. The number of aliphatic hydroxyl groups is 1. The Kier molecular flexibility index (Phi) is 3.61.